The summed E-state index contributed by atoms with van der Waals surface area (Å²) < 4.78 is 5.16. The van der Waals surface area contributed by atoms with E-state index in [4.69, 9.17) is 4.74 Å². The molecule has 0 spiro atoms. The molecule has 17 heavy (non-hydrogen) atoms. The van der Waals surface area contributed by atoms with E-state index in [9.17, 15) is 0 Å². The zero-order chi connectivity index (χ0) is 12.1. The van der Waals surface area contributed by atoms with Gasteiger partial charge in [0.2, 0.25) is 0 Å². The van der Waals surface area contributed by atoms with Crippen molar-refractivity contribution in [3.63, 3.8) is 0 Å². The van der Waals surface area contributed by atoms with Crippen LogP contribution in [0.1, 0.15) is 28.4 Å². The van der Waals surface area contributed by atoms with Crippen LogP contribution in [0.3, 0.4) is 0 Å². The summed E-state index contributed by atoms with van der Waals surface area (Å²) in [7, 11) is 1.71. The third-order valence-electron chi connectivity index (χ3n) is 3.09. The van der Waals surface area contributed by atoms with Crippen LogP contribution in [0, 0.1) is 0 Å². The number of likely N-dealkylation sites (tertiary alicyclic amines) is 1. The molecule has 0 atom stereocenters. The standard InChI is InChI=1S/C12H20N2OS2/c1-15-8-10-11(9-16)17-12(13-10)4-7-14-5-2-3-6-14/h16H,2-9H2,1H3. The summed E-state index contributed by atoms with van der Waals surface area (Å²) in [4.78, 5) is 8.43. The average molecular weight is 272 g/mol. The summed E-state index contributed by atoms with van der Waals surface area (Å²) in [6.07, 6.45) is 3.78. The molecule has 1 aromatic rings. The van der Waals surface area contributed by atoms with Crippen molar-refractivity contribution in [1.82, 2.24) is 9.88 Å². The molecule has 1 saturated heterocycles. The molecule has 0 saturated carbocycles. The van der Waals surface area contributed by atoms with E-state index < -0.39 is 0 Å². The Labute approximate surface area is 113 Å². The molecule has 1 aromatic heterocycles. The predicted molar refractivity (Wildman–Crippen MR) is 74.9 cm³/mol. The van der Waals surface area contributed by atoms with Crippen LogP contribution in [-0.2, 0) is 23.5 Å². The van der Waals surface area contributed by atoms with E-state index in [0.717, 1.165) is 24.4 Å². The molecule has 0 amide bonds. The topological polar surface area (TPSA) is 25.4 Å². The Hall–Kier alpha value is -0.100. The average Bonchev–Trinajstić information content (AvgIpc) is 2.95. The van der Waals surface area contributed by atoms with Crippen molar-refractivity contribution in [2.45, 2.75) is 31.6 Å². The van der Waals surface area contributed by atoms with Gasteiger partial charge < -0.3 is 9.64 Å². The first-order valence-electron chi connectivity index (χ1n) is 6.13. The van der Waals surface area contributed by atoms with Crippen molar-refractivity contribution in [2.24, 2.45) is 0 Å². The van der Waals surface area contributed by atoms with Crippen LogP contribution in [0.2, 0.25) is 0 Å². The second kappa shape index (κ2) is 6.73. The largest absolute Gasteiger partial charge is 0.378 e. The minimum absolute atomic E-state index is 0.607. The minimum Gasteiger partial charge on any atom is -0.378 e. The highest BCUT2D eigenvalue weighted by Crippen LogP contribution is 2.22. The van der Waals surface area contributed by atoms with Gasteiger partial charge in [0.05, 0.1) is 17.3 Å². The van der Waals surface area contributed by atoms with Crippen LogP contribution < -0.4 is 0 Å². The van der Waals surface area contributed by atoms with E-state index in [2.05, 4.69) is 22.5 Å². The fourth-order valence-electron chi connectivity index (χ4n) is 2.18. The van der Waals surface area contributed by atoms with E-state index in [1.165, 1.54) is 35.8 Å². The van der Waals surface area contributed by atoms with Crippen molar-refractivity contribution in [2.75, 3.05) is 26.7 Å². The first-order valence-corrected chi connectivity index (χ1v) is 7.58. The smallest absolute Gasteiger partial charge is 0.0945 e. The molecule has 0 bridgehead atoms. The summed E-state index contributed by atoms with van der Waals surface area (Å²) in [5.41, 5.74) is 1.07. The first-order chi connectivity index (χ1) is 8.33. The van der Waals surface area contributed by atoms with Gasteiger partial charge in [0.15, 0.2) is 0 Å². The van der Waals surface area contributed by atoms with Gasteiger partial charge in [-0.3, -0.25) is 0 Å². The van der Waals surface area contributed by atoms with E-state index in [1.54, 1.807) is 18.4 Å². The lowest BCUT2D eigenvalue weighted by Gasteiger charge is -2.12. The zero-order valence-corrected chi connectivity index (χ0v) is 12.0. The number of hydrogen-bond donors (Lipinski definition) is 1. The maximum atomic E-state index is 5.16. The Morgan fingerprint density at radius 3 is 2.82 bits per heavy atom. The number of ether oxygens (including phenoxy) is 1. The van der Waals surface area contributed by atoms with Gasteiger partial charge in [0.1, 0.15) is 0 Å². The molecule has 0 unspecified atom stereocenters. The lowest BCUT2D eigenvalue weighted by Crippen LogP contribution is -2.21. The Balaban J connectivity index is 1.90. The van der Waals surface area contributed by atoms with Gasteiger partial charge in [-0.15, -0.1) is 11.3 Å². The Morgan fingerprint density at radius 1 is 1.41 bits per heavy atom. The van der Waals surface area contributed by atoms with E-state index >= 15 is 0 Å². The van der Waals surface area contributed by atoms with Crippen molar-refractivity contribution in [3.05, 3.63) is 15.6 Å². The van der Waals surface area contributed by atoms with Crippen LogP contribution in [0.5, 0.6) is 0 Å². The van der Waals surface area contributed by atoms with Gasteiger partial charge in [0, 0.05) is 30.7 Å². The SMILES string of the molecule is COCc1nc(CCN2CCCC2)sc1CS. The number of rotatable bonds is 6. The van der Waals surface area contributed by atoms with Gasteiger partial charge >= 0.3 is 0 Å². The Bertz CT molecular complexity index is 348. The highest BCUT2D eigenvalue weighted by Gasteiger charge is 2.14. The Kier molecular flexibility index (Phi) is 5.28. The van der Waals surface area contributed by atoms with Crippen LogP contribution in [0.25, 0.3) is 0 Å². The van der Waals surface area contributed by atoms with Crippen molar-refractivity contribution >= 4 is 24.0 Å². The molecule has 0 aliphatic carbocycles. The van der Waals surface area contributed by atoms with Crippen LogP contribution in [0.4, 0.5) is 0 Å². The molecule has 1 fully saturated rings. The number of methoxy groups -OCH3 is 1. The monoisotopic (exact) mass is 272 g/mol. The quantitative estimate of drug-likeness (QED) is 0.805. The fourth-order valence-corrected chi connectivity index (χ4v) is 3.47. The van der Waals surface area contributed by atoms with Crippen molar-refractivity contribution in [1.29, 1.82) is 0 Å². The molecular weight excluding hydrogens is 252 g/mol. The van der Waals surface area contributed by atoms with Crippen LogP contribution in [0.15, 0.2) is 0 Å². The lowest BCUT2D eigenvalue weighted by molar-refractivity contribution is 0.181. The third-order valence-corrected chi connectivity index (χ3v) is 4.78. The van der Waals surface area contributed by atoms with Gasteiger partial charge in [-0.05, 0) is 25.9 Å². The highest BCUT2D eigenvalue weighted by atomic mass is 32.1. The summed E-state index contributed by atoms with van der Waals surface area (Å²) in [6, 6.07) is 0. The molecule has 5 heteroatoms. The van der Waals surface area contributed by atoms with Crippen molar-refractivity contribution < 1.29 is 4.74 Å². The van der Waals surface area contributed by atoms with Crippen LogP contribution >= 0.6 is 24.0 Å². The molecule has 96 valence electrons. The summed E-state index contributed by atoms with van der Waals surface area (Å²) in [5, 5.41) is 1.23. The summed E-state index contributed by atoms with van der Waals surface area (Å²) >= 11 is 6.13. The second-order valence-electron chi connectivity index (χ2n) is 4.37. The maximum absolute atomic E-state index is 5.16. The van der Waals surface area contributed by atoms with E-state index in [0.29, 0.717) is 6.61 Å². The molecule has 0 radical (unpaired) electrons. The van der Waals surface area contributed by atoms with Crippen LogP contribution in [-0.4, -0.2) is 36.6 Å². The number of hydrogen-bond acceptors (Lipinski definition) is 5. The molecule has 1 aliphatic rings. The number of nitrogens with zero attached hydrogens (tertiary/aromatic N) is 2. The molecule has 2 rings (SSSR count). The predicted octanol–water partition coefficient (Wildman–Crippen LogP) is 2.36. The fraction of sp³-hybridized carbons (Fsp3) is 0.750. The first kappa shape index (κ1) is 13.3. The molecular formula is C12H20N2OS2. The second-order valence-corrected chi connectivity index (χ2v) is 5.85. The summed E-state index contributed by atoms with van der Waals surface area (Å²) in [6.45, 7) is 4.27. The van der Waals surface area contributed by atoms with E-state index in [1.807, 2.05) is 0 Å². The van der Waals surface area contributed by atoms with Gasteiger partial charge in [-0.1, -0.05) is 0 Å². The summed E-state index contributed by atoms with van der Waals surface area (Å²) in [5.74, 6) is 0.764. The lowest BCUT2D eigenvalue weighted by atomic mass is 10.4. The number of thiol groups is 1. The molecule has 3 nitrogen and oxygen atoms in total. The Morgan fingerprint density at radius 2 is 2.18 bits per heavy atom. The normalized spacial score (nSPS) is 16.8. The van der Waals surface area contributed by atoms with Gasteiger partial charge in [0.25, 0.3) is 0 Å². The van der Waals surface area contributed by atoms with Gasteiger partial charge in [-0.25, -0.2) is 4.98 Å². The molecule has 1 aliphatic heterocycles. The molecule has 0 aromatic carbocycles. The molecule has 0 N–H and O–H groups in total. The van der Waals surface area contributed by atoms with E-state index in [-0.39, 0.29) is 0 Å². The number of aromatic nitrogens is 1. The highest BCUT2D eigenvalue weighted by molar-refractivity contribution is 7.79. The maximum Gasteiger partial charge on any atom is 0.0945 e. The third kappa shape index (κ3) is 3.68. The zero-order valence-electron chi connectivity index (χ0n) is 10.3. The van der Waals surface area contributed by atoms with Gasteiger partial charge in [-0.2, -0.15) is 12.6 Å². The number of thiazole rings is 1. The minimum atomic E-state index is 0.607. The molecule has 2 heterocycles. The van der Waals surface area contributed by atoms with Crippen molar-refractivity contribution in [3.8, 4) is 0 Å².